The van der Waals surface area contributed by atoms with Crippen LogP contribution in [0.2, 0.25) is 0 Å². The van der Waals surface area contributed by atoms with Crippen molar-refractivity contribution in [2.45, 2.75) is 63.7 Å². The van der Waals surface area contributed by atoms with Gasteiger partial charge in [0.1, 0.15) is 23.9 Å². The average Bonchev–Trinajstić information content (AvgIpc) is 3.39. The zero-order valence-corrected chi connectivity index (χ0v) is 23.2. The number of amides is 3. The van der Waals surface area contributed by atoms with Gasteiger partial charge in [0.2, 0.25) is 17.7 Å². The van der Waals surface area contributed by atoms with Gasteiger partial charge in [0.25, 0.3) is 0 Å². The Kier molecular flexibility index (Phi) is 12.8. The number of nitrogens with zero attached hydrogens (tertiary/aromatic N) is 1. The summed E-state index contributed by atoms with van der Waals surface area (Å²) in [7, 11) is 0. The molecule has 1 aromatic carbocycles. The third kappa shape index (κ3) is 11.0. The number of aliphatic carboxylic acids is 1. The monoisotopic (exact) mass is 562 g/mol. The predicted molar refractivity (Wildman–Crippen MR) is 148 cm³/mol. The molecule has 0 saturated heterocycles. The molecule has 2 rings (SSSR count). The number of nitrogens with two attached hydrogens (primary N) is 1. The molecule has 1 heterocycles. The minimum atomic E-state index is -1.28. The highest BCUT2D eigenvalue weighted by atomic mass is 32.2. The van der Waals surface area contributed by atoms with Crippen molar-refractivity contribution in [3.8, 4) is 5.75 Å². The molecule has 0 bridgehead atoms. The molecular formula is C26H38N6O6S. The molecule has 0 spiro atoms. The second-order valence-electron chi connectivity index (χ2n) is 9.69. The molecule has 39 heavy (non-hydrogen) atoms. The molecule has 1 aromatic heterocycles. The van der Waals surface area contributed by atoms with E-state index in [-0.39, 0.29) is 24.5 Å². The number of rotatable bonds is 16. The fourth-order valence-electron chi connectivity index (χ4n) is 3.84. The van der Waals surface area contributed by atoms with E-state index in [1.54, 1.807) is 12.1 Å². The Morgan fingerprint density at radius 2 is 1.59 bits per heavy atom. The maximum absolute atomic E-state index is 13.3. The first-order valence-electron chi connectivity index (χ1n) is 12.6. The van der Waals surface area contributed by atoms with E-state index >= 15 is 0 Å². The zero-order chi connectivity index (χ0) is 28.9. The van der Waals surface area contributed by atoms with E-state index < -0.39 is 47.9 Å². The molecule has 0 aliphatic carbocycles. The number of carbonyl (C=O) groups excluding carboxylic acids is 3. The van der Waals surface area contributed by atoms with Crippen LogP contribution in [0.5, 0.6) is 5.75 Å². The van der Waals surface area contributed by atoms with Crippen molar-refractivity contribution in [1.29, 1.82) is 0 Å². The van der Waals surface area contributed by atoms with Gasteiger partial charge in [0.15, 0.2) is 0 Å². The van der Waals surface area contributed by atoms with Gasteiger partial charge in [0.05, 0.1) is 12.4 Å². The predicted octanol–water partition coefficient (Wildman–Crippen LogP) is 0.566. The maximum atomic E-state index is 13.3. The smallest absolute Gasteiger partial charge is 0.326 e. The van der Waals surface area contributed by atoms with E-state index in [0.717, 1.165) is 0 Å². The van der Waals surface area contributed by atoms with Gasteiger partial charge in [-0.2, -0.15) is 11.8 Å². The van der Waals surface area contributed by atoms with Crippen LogP contribution in [0.15, 0.2) is 36.8 Å². The highest BCUT2D eigenvalue weighted by Crippen LogP contribution is 2.13. The largest absolute Gasteiger partial charge is 0.508 e. The lowest BCUT2D eigenvalue weighted by Crippen LogP contribution is -2.58. The van der Waals surface area contributed by atoms with E-state index in [1.807, 2.05) is 20.1 Å². The van der Waals surface area contributed by atoms with E-state index in [2.05, 4.69) is 25.9 Å². The number of nitrogens with one attached hydrogen (secondary N) is 4. The molecule has 0 aliphatic rings. The topological polar surface area (TPSA) is 200 Å². The summed E-state index contributed by atoms with van der Waals surface area (Å²) in [5.41, 5.74) is 7.14. The summed E-state index contributed by atoms with van der Waals surface area (Å²) in [6.45, 7) is 3.88. The van der Waals surface area contributed by atoms with Crippen molar-refractivity contribution >= 4 is 35.5 Å². The fraction of sp³-hybridized carbons (Fsp3) is 0.500. The zero-order valence-electron chi connectivity index (χ0n) is 22.3. The van der Waals surface area contributed by atoms with E-state index in [1.165, 1.54) is 36.4 Å². The number of thioether (sulfide) groups is 1. The number of carboxylic acid groups (broad SMARTS) is 1. The molecular weight excluding hydrogens is 524 g/mol. The van der Waals surface area contributed by atoms with Gasteiger partial charge in [-0.05, 0) is 48.5 Å². The van der Waals surface area contributed by atoms with Crippen LogP contribution in [0.1, 0.15) is 37.9 Å². The van der Waals surface area contributed by atoms with Gasteiger partial charge in [-0.15, -0.1) is 0 Å². The van der Waals surface area contributed by atoms with Gasteiger partial charge < -0.3 is 36.9 Å². The van der Waals surface area contributed by atoms with E-state index in [9.17, 15) is 29.4 Å². The maximum Gasteiger partial charge on any atom is 0.326 e. The van der Waals surface area contributed by atoms with Crippen LogP contribution in [-0.4, -0.2) is 80.0 Å². The summed E-state index contributed by atoms with van der Waals surface area (Å²) < 4.78 is 0. The fourth-order valence-corrected chi connectivity index (χ4v) is 4.31. The molecule has 13 heteroatoms. The number of benzene rings is 1. The number of aromatic hydroxyl groups is 1. The summed E-state index contributed by atoms with van der Waals surface area (Å²) in [4.78, 5) is 57.8. The highest BCUT2D eigenvalue weighted by molar-refractivity contribution is 7.98. The third-order valence-corrected chi connectivity index (χ3v) is 6.55. The quantitative estimate of drug-likeness (QED) is 0.153. The normalized spacial score (nSPS) is 14.2. The van der Waals surface area contributed by atoms with Crippen molar-refractivity contribution in [3.63, 3.8) is 0 Å². The van der Waals surface area contributed by atoms with Crippen LogP contribution in [-0.2, 0) is 32.0 Å². The molecule has 12 nitrogen and oxygen atoms in total. The number of H-pyrrole nitrogens is 1. The molecule has 8 N–H and O–H groups in total. The summed E-state index contributed by atoms with van der Waals surface area (Å²) in [5.74, 6) is -2.23. The molecule has 2 aromatic rings. The first-order chi connectivity index (χ1) is 18.5. The number of aromatic nitrogens is 2. The lowest BCUT2D eigenvalue weighted by atomic mass is 10.0. The van der Waals surface area contributed by atoms with Crippen molar-refractivity contribution in [2.75, 3.05) is 12.0 Å². The SMILES string of the molecule is CSCCC(NC(=O)C(N)CC(C)C)C(=O)NC(Cc1ccc(O)cc1)C(=O)NC(Cc1cnc[nH]1)C(=O)O. The first kappa shape index (κ1) is 31.6. The number of hydrogen-bond acceptors (Lipinski definition) is 8. The number of aromatic amines is 1. The van der Waals surface area contributed by atoms with Crippen molar-refractivity contribution in [2.24, 2.45) is 11.7 Å². The Hall–Kier alpha value is -3.58. The van der Waals surface area contributed by atoms with Gasteiger partial charge >= 0.3 is 5.97 Å². The molecule has 3 amide bonds. The molecule has 4 unspecified atom stereocenters. The van der Waals surface area contributed by atoms with Crippen molar-refractivity contribution < 1.29 is 29.4 Å². The summed E-state index contributed by atoms with van der Waals surface area (Å²) >= 11 is 1.50. The summed E-state index contributed by atoms with van der Waals surface area (Å²) in [6.07, 6.45) is 5.46. The Balaban J connectivity index is 2.23. The second kappa shape index (κ2) is 15.7. The lowest BCUT2D eigenvalue weighted by molar-refractivity contribution is -0.142. The molecule has 0 fully saturated rings. The standard InChI is InChI=1S/C26H38N6O6S/c1-15(2)10-19(27)23(34)30-20(8-9-39-3)24(35)31-21(11-16-4-6-18(33)7-5-16)25(36)32-22(26(37)38)12-17-13-28-14-29-17/h4-7,13-15,19-22,33H,8-12,27H2,1-3H3,(H,28,29)(H,30,34)(H,31,35)(H,32,36)(H,37,38). The van der Waals surface area contributed by atoms with Crippen LogP contribution in [0.25, 0.3) is 0 Å². The Morgan fingerprint density at radius 3 is 2.15 bits per heavy atom. The Morgan fingerprint density at radius 1 is 0.974 bits per heavy atom. The van der Waals surface area contributed by atoms with E-state index in [4.69, 9.17) is 5.73 Å². The van der Waals surface area contributed by atoms with Crippen molar-refractivity contribution in [3.05, 3.63) is 48.0 Å². The molecule has 0 radical (unpaired) electrons. The molecule has 0 saturated carbocycles. The number of imidazole rings is 1. The van der Waals surface area contributed by atoms with Gasteiger partial charge in [-0.1, -0.05) is 26.0 Å². The second-order valence-corrected chi connectivity index (χ2v) is 10.7. The highest BCUT2D eigenvalue weighted by Gasteiger charge is 2.31. The van der Waals surface area contributed by atoms with Crippen molar-refractivity contribution in [1.82, 2.24) is 25.9 Å². The van der Waals surface area contributed by atoms with E-state index in [0.29, 0.717) is 29.9 Å². The molecule has 0 aliphatic heterocycles. The number of carboxylic acids is 1. The summed E-state index contributed by atoms with van der Waals surface area (Å²) in [6, 6.07) is 1.91. The Labute approximate surface area is 231 Å². The molecule has 214 valence electrons. The van der Waals surface area contributed by atoms with Crippen LogP contribution in [0.4, 0.5) is 0 Å². The number of phenolic OH excluding ortho intramolecular Hbond substituents is 1. The first-order valence-corrected chi connectivity index (χ1v) is 14.0. The van der Waals surface area contributed by atoms with Crippen LogP contribution in [0, 0.1) is 5.92 Å². The summed E-state index contributed by atoms with van der Waals surface area (Å²) in [5, 5.41) is 27.2. The lowest BCUT2D eigenvalue weighted by Gasteiger charge is -2.25. The number of hydrogen-bond donors (Lipinski definition) is 7. The molecule has 4 atom stereocenters. The number of carbonyl (C=O) groups is 4. The van der Waals surface area contributed by atoms with Crippen LogP contribution in [0.3, 0.4) is 0 Å². The third-order valence-electron chi connectivity index (χ3n) is 5.91. The van der Waals surface area contributed by atoms with Gasteiger partial charge in [-0.25, -0.2) is 9.78 Å². The number of phenols is 1. The minimum absolute atomic E-state index is 0.0182. The van der Waals surface area contributed by atoms with Gasteiger partial charge in [-0.3, -0.25) is 14.4 Å². The Bertz CT molecular complexity index is 1080. The van der Waals surface area contributed by atoms with Crippen LogP contribution >= 0.6 is 11.8 Å². The minimum Gasteiger partial charge on any atom is -0.508 e. The van der Waals surface area contributed by atoms with Crippen LogP contribution < -0.4 is 21.7 Å². The average molecular weight is 563 g/mol. The van der Waals surface area contributed by atoms with Gasteiger partial charge in [0, 0.05) is 24.7 Å².